The monoisotopic (exact) mass is 277 g/mol. The van der Waals surface area contributed by atoms with Crippen LogP contribution >= 0.6 is 0 Å². The number of aromatic nitrogens is 1. The van der Waals surface area contributed by atoms with E-state index in [1.54, 1.807) is 13.2 Å². The molecule has 0 aromatic carbocycles. The van der Waals surface area contributed by atoms with Crippen LogP contribution in [0.15, 0.2) is 12.1 Å². The zero-order valence-electron chi connectivity index (χ0n) is 12.3. The Kier molecular flexibility index (Phi) is 4.60. The van der Waals surface area contributed by atoms with Crippen molar-refractivity contribution < 1.29 is 9.53 Å². The van der Waals surface area contributed by atoms with Crippen molar-refractivity contribution in [2.75, 3.05) is 12.8 Å². The van der Waals surface area contributed by atoms with Gasteiger partial charge in [-0.25, -0.2) is 4.98 Å². The molecule has 20 heavy (non-hydrogen) atoms. The van der Waals surface area contributed by atoms with E-state index in [1.807, 2.05) is 19.9 Å². The van der Waals surface area contributed by atoms with Gasteiger partial charge < -0.3 is 15.8 Å². The number of ether oxygens (including phenoxy) is 1. The second-order valence-electron chi connectivity index (χ2n) is 5.70. The summed E-state index contributed by atoms with van der Waals surface area (Å²) < 4.78 is 5.32. The highest BCUT2D eigenvalue weighted by molar-refractivity contribution is 5.95. The second-order valence-corrected chi connectivity index (χ2v) is 5.70. The van der Waals surface area contributed by atoms with Crippen LogP contribution < -0.4 is 11.1 Å². The highest BCUT2D eigenvalue weighted by atomic mass is 16.5. The lowest BCUT2D eigenvalue weighted by Crippen LogP contribution is -2.33. The first kappa shape index (κ1) is 14.8. The molecule has 110 valence electrons. The lowest BCUT2D eigenvalue weighted by Gasteiger charge is -2.14. The van der Waals surface area contributed by atoms with Crippen LogP contribution in [0.25, 0.3) is 0 Å². The number of nitrogens with two attached hydrogens (primary N) is 1. The summed E-state index contributed by atoms with van der Waals surface area (Å²) in [4.78, 5) is 16.5. The van der Waals surface area contributed by atoms with Gasteiger partial charge in [0.25, 0.3) is 5.91 Å². The van der Waals surface area contributed by atoms with Crippen molar-refractivity contribution >= 4 is 11.7 Å². The Morgan fingerprint density at radius 1 is 1.45 bits per heavy atom. The van der Waals surface area contributed by atoms with Crippen LogP contribution in [0.3, 0.4) is 0 Å². The van der Waals surface area contributed by atoms with Gasteiger partial charge in [0.15, 0.2) is 0 Å². The fraction of sp³-hybridized carbons (Fsp3) is 0.600. The molecule has 2 rings (SSSR count). The Morgan fingerprint density at radius 3 is 2.80 bits per heavy atom. The molecule has 0 saturated heterocycles. The van der Waals surface area contributed by atoms with Crippen molar-refractivity contribution in [1.82, 2.24) is 10.3 Å². The molecule has 0 aliphatic heterocycles. The Bertz CT molecular complexity index is 488. The fourth-order valence-corrected chi connectivity index (χ4v) is 2.55. The molecule has 2 unspecified atom stereocenters. The first-order valence-electron chi connectivity index (χ1n) is 7.10. The molecule has 5 heteroatoms. The first-order chi connectivity index (χ1) is 9.49. The van der Waals surface area contributed by atoms with Crippen LogP contribution in [0.1, 0.15) is 55.1 Å². The lowest BCUT2D eigenvalue weighted by atomic mass is 10.1. The van der Waals surface area contributed by atoms with Gasteiger partial charge in [-0.1, -0.05) is 13.8 Å². The number of rotatable bonds is 4. The number of hydrogen-bond acceptors (Lipinski definition) is 4. The maximum atomic E-state index is 12.3. The van der Waals surface area contributed by atoms with E-state index in [-0.39, 0.29) is 24.0 Å². The van der Waals surface area contributed by atoms with Gasteiger partial charge in [-0.15, -0.1) is 0 Å². The van der Waals surface area contributed by atoms with E-state index in [1.165, 1.54) is 0 Å². The smallest absolute Gasteiger partial charge is 0.251 e. The summed E-state index contributed by atoms with van der Waals surface area (Å²) in [6, 6.07) is 3.63. The summed E-state index contributed by atoms with van der Waals surface area (Å²) >= 11 is 0. The number of nitrogens with one attached hydrogen (secondary N) is 1. The molecule has 3 N–H and O–H groups in total. The van der Waals surface area contributed by atoms with Gasteiger partial charge in [-0.3, -0.25) is 4.79 Å². The van der Waals surface area contributed by atoms with E-state index in [9.17, 15) is 4.79 Å². The zero-order valence-corrected chi connectivity index (χ0v) is 12.3. The highest BCUT2D eigenvalue weighted by Gasteiger charge is 2.26. The van der Waals surface area contributed by atoms with E-state index < -0.39 is 0 Å². The van der Waals surface area contributed by atoms with Crippen LogP contribution in [-0.2, 0) is 4.74 Å². The average molecular weight is 277 g/mol. The molecule has 1 aliphatic carbocycles. The molecule has 0 spiro atoms. The van der Waals surface area contributed by atoms with Crippen LogP contribution in [0.4, 0.5) is 5.82 Å². The lowest BCUT2D eigenvalue weighted by molar-refractivity contribution is 0.0915. The molecule has 2 atom stereocenters. The van der Waals surface area contributed by atoms with Crippen LogP contribution in [0.5, 0.6) is 0 Å². The minimum Gasteiger partial charge on any atom is -0.384 e. The topological polar surface area (TPSA) is 77.2 Å². The zero-order chi connectivity index (χ0) is 14.7. The Labute approximate surface area is 119 Å². The van der Waals surface area contributed by atoms with Crippen molar-refractivity contribution in [2.45, 2.75) is 51.2 Å². The van der Waals surface area contributed by atoms with Gasteiger partial charge in [0, 0.05) is 24.4 Å². The Hall–Kier alpha value is -1.62. The number of methoxy groups -OCH3 is 1. The number of carbonyl (C=O) groups excluding carboxylic acids is 1. The standard InChI is InChI=1S/C15H23N3O2/c1-9(2)13-6-10(7-14(16)18-13)15(19)17-11-4-5-12(8-11)20-3/h6-7,9,11-12H,4-5,8H2,1-3H3,(H2,16,18)(H,17,19). The van der Waals surface area contributed by atoms with Crippen molar-refractivity contribution in [3.63, 3.8) is 0 Å². The summed E-state index contributed by atoms with van der Waals surface area (Å²) in [5.41, 5.74) is 7.20. The van der Waals surface area contributed by atoms with Crippen molar-refractivity contribution in [3.05, 3.63) is 23.4 Å². The highest BCUT2D eigenvalue weighted by Crippen LogP contribution is 2.22. The number of pyridine rings is 1. The third-order valence-electron chi connectivity index (χ3n) is 3.77. The van der Waals surface area contributed by atoms with Gasteiger partial charge in [0.05, 0.1) is 6.10 Å². The fourth-order valence-electron chi connectivity index (χ4n) is 2.55. The number of nitrogens with zero attached hydrogens (tertiary/aromatic N) is 1. The van der Waals surface area contributed by atoms with Crippen LogP contribution in [0, 0.1) is 0 Å². The van der Waals surface area contributed by atoms with Gasteiger partial charge in [0.2, 0.25) is 0 Å². The summed E-state index contributed by atoms with van der Waals surface area (Å²) in [6.07, 6.45) is 3.09. The predicted octanol–water partition coefficient (Wildman–Crippen LogP) is 2.08. The minimum absolute atomic E-state index is 0.0808. The molecular formula is C15H23N3O2. The maximum absolute atomic E-state index is 12.3. The molecule has 1 saturated carbocycles. The van der Waals surface area contributed by atoms with E-state index in [0.717, 1.165) is 25.0 Å². The predicted molar refractivity (Wildman–Crippen MR) is 78.6 cm³/mol. The molecular weight excluding hydrogens is 254 g/mol. The third-order valence-corrected chi connectivity index (χ3v) is 3.77. The maximum Gasteiger partial charge on any atom is 0.251 e. The van der Waals surface area contributed by atoms with E-state index in [0.29, 0.717) is 11.4 Å². The number of amides is 1. The molecule has 0 radical (unpaired) electrons. The normalized spacial score (nSPS) is 22.2. The number of anilines is 1. The SMILES string of the molecule is COC1CCC(NC(=O)c2cc(N)nc(C(C)C)c2)C1. The van der Waals surface area contributed by atoms with Crippen molar-refractivity contribution in [2.24, 2.45) is 0 Å². The molecule has 1 amide bonds. The third kappa shape index (κ3) is 3.48. The van der Waals surface area contributed by atoms with Gasteiger partial charge in [0.1, 0.15) is 5.82 Å². The Morgan fingerprint density at radius 2 is 2.20 bits per heavy atom. The number of carbonyl (C=O) groups is 1. The minimum atomic E-state index is -0.0808. The number of nitrogen functional groups attached to an aromatic ring is 1. The molecule has 1 fully saturated rings. The summed E-state index contributed by atoms with van der Waals surface area (Å²) in [6.45, 7) is 4.06. The quantitative estimate of drug-likeness (QED) is 0.883. The summed E-state index contributed by atoms with van der Waals surface area (Å²) in [5.74, 6) is 0.555. The molecule has 1 heterocycles. The molecule has 0 bridgehead atoms. The van der Waals surface area contributed by atoms with E-state index in [4.69, 9.17) is 10.5 Å². The van der Waals surface area contributed by atoms with Crippen molar-refractivity contribution in [3.8, 4) is 0 Å². The molecule has 1 aliphatic rings. The average Bonchev–Trinajstić information content (AvgIpc) is 2.85. The van der Waals surface area contributed by atoms with Crippen molar-refractivity contribution in [1.29, 1.82) is 0 Å². The van der Waals surface area contributed by atoms with Gasteiger partial charge >= 0.3 is 0 Å². The largest absolute Gasteiger partial charge is 0.384 e. The Balaban J connectivity index is 2.06. The van der Waals surface area contributed by atoms with E-state index >= 15 is 0 Å². The van der Waals surface area contributed by atoms with Gasteiger partial charge in [-0.05, 0) is 37.3 Å². The molecule has 1 aromatic heterocycles. The van der Waals surface area contributed by atoms with Crippen LogP contribution in [0.2, 0.25) is 0 Å². The summed E-state index contributed by atoms with van der Waals surface area (Å²) in [5, 5.41) is 3.05. The summed E-state index contributed by atoms with van der Waals surface area (Å²) in [7, 11) is 1.72. The second kappa shape index (κ2) is 6.22. The number of hydrogen-bond donors (Lipinski definition) is 2. The molecule has 1 aromatic rings. The van der Waals surface area contributed by atoms with Crippen LogP contribution in [-0.4, -0.2) is 30.1 Å². The molecule has 5 nitrogen and oxygen atoms in total. The van der Waals surface area contributed by atoms with E-state index in [2.05, 4.69) is 10.3 Å². The first-order valence-corrected chi connectivity index (χ1v) is 7.10. The van der Waals surface area contributed by atoms with Gasteiger partial charge in [-0.2, -0.15) is 0 Å².